The van der Waals surface area contributed by atoms with Crippen LogP contribution >= 0.6 is 0 Å². The molecule has 1 spiro atoms. The molecule has 0 saturated heterocycles. The smallest absolute Gasteiger partial charge is 0.0746 e. The first-order valence-corrected chi connectivity index (χ1v) is 22.5. The van der Waals surface area contributed by atoms with Gasteiger partial charge < -0.3 is 4.90 Å². The van der Waals surface area contributed by atoms with E-state index in [1.165, 1.54) is 116 Å². The molecule has 0 amide bonds. The van der Waals surface area contributed by atoms with Gasteiger partial charge in [0.05, 0.1) is 16.8 Å². The highest BCUT2D eigenvalue weighted by Crippen LogP contribution is 2.66. The van der Waals surface area contributed by atoms with Gasteiger partial charge in [0.25, 0.3) is 0 Å². The fourth-order valence-corrected chi connectivity index (χ4v) is 12.6. The van der Waals surface area contributed by atoms with Gasteiger partial charge in [0.2, 0.25) is 0 Å². The quantitative estimate of drug-likeness (QED) is 0.160. The highest BCUT2D eigenvalue weighted by molar-refractivity contribution is 6.26. The molecular formula is C63H41N. The fraction of sp³-hybridized carbons (Fsp3) is 0.0476. The largest absolute Gasteiger partial charge is 0.310 e. The topological polar surface area (TPSA) is 3.24 Å². The third-order valence-corrected chi connectivity index (χ3v) is 15.1. The Morgan fingerprint density at radius 2 is 0.688 bits per heavy atom. The van der Waals surface area contributed by atoms with E-state index < -0.39 is 10.8 Å². The third-order valence-electron chi connectivity index (χ3n) is 15.1. The Morgan fingerprint density at radius 3 is 1.25 bits per heavy atom. The number of rotatable bonds is 4. The standard InChI is InChI=1S/C63H41N/c1-62(40-19-3-2-4-20-40)54-31-13-9-27-49(54)51-29-17-35-58(60(51)62)64(41-37-38-46-44-23-6-5-21-42(44)43-22-7-8-24-45(43)53(46)39-41)59-36-18-30-52-50-28-12-16-34-57(50)63(61(52)59)55-32-14-10-25-47(55)48-26-11-15-33-56(48)63/h2-39H,1H3. The van der Waals surface area contributed by atoms with Gasteiger partial charge in [-0.1, -0.05) is 206 Å². The molecule has 11 aromatic carbocycles. The van der Waals surface area contributed by atoms with Crippen LogP contribution in [0.2, 0.25) is 0 Å². The van der Waals surface area contributed by atoms with Crippen LogP contribution in [0.4, 0.5) is 17.1 Å². The van der Waals surface area contributed by atoms with E-state index in [1.807, 2.05) is 0 Å². The Kier molecular flexibility index (Phi) is 7.24. The zero-order valence-corrected chi connectivity index (χ0v) is 35.4. The normalized spacial score (nSPS) is 15.8. The molecule has 0 fully saturated rings. The molecule has 0 radical (unpaired) electrons. The number of nitrogens with zero attached hydrogens (tertiary/aromatic N) is 1. The van der Waals surface area contributed by atoms with E-state index in [4.69, 9.17) is 0 Å². The van der Waals surface area contributed by atoms with E-state index >= 15 is 0 Å². The first kappa shape index (κ1) is 35.6. The van der Waals surface area contributed by atoms with Crippen LogP contribution in [0, 0.1) is 0 Å². The van der Waals surface area contributed by atoms with Crippen molar-refractivity contribution in [1.29, 1.82) is 0 Å². The van der Waals surface area contributed by atoms with Crippen LogP contribution in [0.1, 0.15) is 45.9 Å². The molecule has 298 valence electrons. The fourth-order valence-electron chi connectivity index (χ4n) is 12.6. The van der Waals surface area contributed by atoms with Crippen LogP contribution in [0.25, 0.3) is 65.7 Å². The minimum Gasteiger partial charge on any atom is -0.310 e. The second-order valence-electron chi connectivity index (χ2n) is 18.0. The molecule has 0 heterocycles. The summed E-state index contributed by atoms with van der Waals surface area (Å²) in [6, 6.07) is 86.9. The van der Waals surface area contributed by atoms with Crippen molar-refractivity contribution in [2.45, 2.75) is 17.8 Å². The number of anilines is 3. The molecule has 0 saturated carbocycles. The maximum absolute atomic E-state index is 2.64. The molecule has 1 heteroatoms. The molecule has 1 unspecified atom stereocenters. The lowest BCUT2D eigenvalue weighted by atomic mass is 9.69. The molecule has 1 nitrogen and oxygen atoms in total. The van der Waals surface area contributed by atoms with Crippen molar-refractivity contribution < 1.29 is 0 Å². The van der Waals surface area contributed by atoms with Gasteiger partial charge in [-0.15, -0.1) is 0 Å². The van der Waals surface area contributed by atoms with E-state index in [0.717, 1.165) is 5.69 Å². The molecule has 3 aliphatic carbocycles. The van der Waals surface area contributed by atoms with E-state index in [9.17, 15) is 0 Å². The number of benzene rings is 11. The molecule has 64 heavy (non-hydrogen) atoms. The van der Waals surface area contributed by atoms with Gasteiger partial charge in [-0.2, -0.15) is 0 Å². The van der Waals surface area contributed by atoms with Crippen molar-refractivity contribution >= 4 is 49.4 Å². The Labute approximate surface area is 373 Å². The van der Waals surface area contributed by atoms with E-state index in [2.05, 4.69) is 242 Å². The summed E-state index contributed by atoms with van der Waals surface area (Å²) in [5.74, 6) is 0. The predicted molar refractivity (Wildman–Crippen MR) is 267 cm³/mol. The maximum Gasteiger partial charge on any atom is 0.0746 e. The molecule has 0 N–H and O–H groups in total. The lowest BCUT2D eigenvalue weighted by molar-refractivity contribution is 0.713. The second kappa shape index (κ2) is 13.0. The summed E-state index contributed by atoms with van der Waals surface area (Å²) in [6.45, 7) is 2.45. The second-order valence-corrected chi connectivity index (χ2v) is 18.0. The molecule has 14 rings (SSSR count). The monoisotopic (exact) mass is 811 g/mol. The Hall–Kier alpha value is -8.00. The highest BCUT2D eigenvalue weighted by Gasteiger charge is 2.54. The van der Waals surface area contributed by atoms with E-state index in [-0.39, 0.29) is 0 Å². The Bertz CT molecular complexity index is 3670. The molecule has 1 atom stereocenters. The number of hydrogen-bond acceptors (Lipinski definition) is 1. The summed E-state index contributed by atoms with van der Waals surface area (Å²) in [5, 5.41) is 7.61. The zero-order valence-electron chi connectivity index (χ0n) is 35.4. The maximum atomic E-state index is 2.64. The zero-order chi connectivity index (χ0) is 42.1. The van der Waals surface area contributed by atoms with Crippen molar-refractivity contribution in [1.82, 2.24) is 0 Å². The van der Waals surface area contributed by atoms with Gasteiger partial charge in [-0.3, -0.25) is 0 Å². The third kappa shape index (κ3) is 4.43. The van der Waals surface area contributed by atoms with Crippen molar-refractivity contribution in [2.75, 3.05) is 4.90 Å². The number of fused-ring (bicyclic) bond motifs is 19. The lowest BCUT2D eigenvalue weighted by Crippen LogP contribution is -2.29. The Morgan fingerprint density at radius 1 is 0.297 bits per heavy atom. The molecule has 0 aromatic heterocycles. The summed E-state index contributed by atoms with van der Waals surface area (Å²) in [4.78, 5) is 2.64. The van der Waals surface area contributed by atoms with Crippen molar-refractivity contribution in [2.24, 2.45) is 0 Å². The van der Waals surface area contributed by atoms with Crippen molar-refractivity contribution in [3.63, 3.8) is 0 Å². The summed E-state index contributed by atoms with van der Waals surface area (Å²) < 4.78 is 0. The minimum absolute atomic E-state index is 0.438. The van der Waals surface area contributed by atoms with Crippen LogP contribution in [0.15, 0.2) is 231 Å². The van der Waals surface area contributed by atoms with Gasteiger partial charge >= 0.3 is 0 Å². The molecule has 0 bridgehead atoms. The first-order valence-electron chi connectivity index (χ1n) is 22.5. The molecule has 3 aliphatic rings. The van der Waals surface area contributed by atoms with E-state index in [0.29, 0.717) is 0 Å². The van der Waals surface area contributed by atoms with Crippen molar-refractivity contribution in [3.8, 4) is 33.4 Å². The van der Waals surface area contributed by atoms with Gasteiger partial charge in [-0.05, 0) is 130 Å². The summed E-state index contributed by atoms with van der Waals surface area (Å²) in [7, 11) is 0. The molecule has 0 aliphatic heterocycles. The summed E-state index contributed by atoms with van der Waals surface area (Å²) in [6.07, 6.45) is 0. The van der Waals surface area contributed by atoms with Crippen LogP contribution in [-0.4, -0.2) is 0 Å². The SMILES string of the molecule is CC1(c2ccccc2)c2ccccc2-c2cccc(N(c3ccc4c5ccccc5c5ccccc5c4c3)c3cccc4c3C3(c5ccccc5-c5ccccc53)c3ccccc3-4)c21. The van der Waals surface area contributed by atoms with Crippen molar-refractivity contribution in [3.05, 3.63) is 269 Å². The average molecular weight is 812 g/mol. The summed E-state index contributed by atoms with van der Waals surface area (Å²) >= 11 is 0. The van der Waals surface area contributed by atoms with Crippen LogP contribution < -0.4 is 4.90 Å². The van der Waals surface area contributed by atoms with Gasteiger partial charge in [0.1, 0.15) is 0 Å². The molecule has 11 aromatic rings. The van der Waals surface area contributed by atoms with Crippen LogP contribution in [0.3, 0.4) is 0 Å². The van der Waals surface area contributed by atoms with Gasteiger partial charge in [0, 0.05) is 16.7 Å². The average Bonchev–Trinajstić information content (AvgIpc) is 3.95. The Balaban J connectivity index is 1.15. The minimum atomic E-state index is -0.544. The predicted octanol–water partition coefficient (Wildman–Crippen LogP) is 16.3. The lowest BCUT2D eigenvalue weighted by Gasteiger charge is -2.38. The van der Waals surface area contributed by atoms with Gasteiger partial charge in [-0.25, -0.2) is 0 Å². The van der Waals surface area contributed by atoms with Gasteiger partial charge in [0.15, 0.2) is 0 Å². The number of hydrogen-bond donors (Lipinski definition) is 0. The van der Waals surface area contributed by atoms with Crippen LogP contribution in [0.5, 0.6) is 0 Å². The van der Waals surface area contributed by atoms with E-state index in [1.54, 1.807) is 0 Å². The molecular weight excluding hydrogens is 771 g/mol. The first-order chi connectivity index (χ1) is 31.7. The highest BCUT2D eigenvalue weighted by atomic mass is 15.2. The van der Waals surface area contributed by atoms with Crippen LogP contribution in [-0.2, 0) is 10.8 Å². The summed E-state index contributed by atoms with van der Waals surface area (Å²) in [5.41, 5.74) is 19.6.